The van der Waals surface area contributed by atoms with Crippen LogP contribution >= 0.6 is 45.9 Å². The Hall–Kier alpha value is -12.0. The number of aliphatic imine (C=N–C) groups is 2. The Bertz CT molecular complexity index is 5420. The number of thiophene rings is 2. The number of ether oxygens (including phenoxy) is 2. The molecule has 7 N–H and O–H groups in total. The highest BCUT2D eigenvalue weighted by molar-refractivity contribution is 7.15. The summed E-state index contributed by atoms with van der Waals surface area (Å²) in [6.45, 7) is 11.7. The predicted octanol–water partition coefficient (Wildman–Crippen LogP) is 11.3. The molecule has 8 aromatic rings. The van der Waals surface area contributed by atoms with Gasteiger partial charge in [-0.05, 0) is 140 Å². The number of nitrogens with zero attached hydrogens (tertiary/aromatic N) is 10. The number of ketones is 2. The molecule has 6 aliphatic heterocycles. The Labute approximate surface area is 689 Å². The highest BCUT2D eigenvalue weighted by atomic mass is 35.5. The molecule has 38 heteroatoms. The number of aryl methyl sites for hydroxylation is 4. The maximum atomic E-state index is 13.3. The average molecular weight is 1700 g/mol. The van der Waals surface area contributed by atoms with Crippen LogP contribution in [0.2, 0.25) is 10.0 Å². The van der Waals surface area contributed by atoms with E-state index in [2.05, 4.69) is 64.0 Å². The smallest absolute Gasteiger partial charge is 0.389 e. The summed E-state index contributed by atoms with van der Waals surface area (Å²) in [5.41, 5.74) is 7.57. The number of aliphatic carboxylic acids is 1. The van der Waals surface area contributed by atoms with E-state index >= 15 is 0 Å². The molecule has 0 bridgehead atoms. The second kappa shape index (κ2) is 38.4. The first-order valence-corrected chi connectivity index (χ1v) is 39.4. The minimum Gasteiger partial charge on any atom is -0.485 e. The van der Waals surface area contributed by atoms with Gasteiger partial charge >= 0.3 is 18.3 Å². The molecule has 6 aliphatic rings. The number of aromatic nitrogens is 6. The fourth-order valence-corrected chi connectivity index (χ4v) is 16.7. The number of benzene rings is 4. The number of nitrogens with one attached hydrogen (secondary N) is 3. The molecule has 2 saturated heterocycles. The van der Waals surface area contributed by atoms with Crippen molar-refractivity contribution in [2.75, 3.05) is 19.8 Å². The molecule has 9 amide bonds. The molecule has 118 heavy (non-hydrogen) atoms. The zero-order valence-corrected chi connectivity index (χ0v) is 67.6. The Kier molecular flexibility index (Phi) is 28.8. The van der Waals surface area contributed by atoms with Crippen LogP contribution in [0.15, 0.2) is 94.9 Å². The molecule has 4 aromatic carbocycles. The first-order chi connectivity index (χ1) is 55.8. The Balaban J connectivity index is 0.000000198. The van der Waals surface area contributed by atoms with Gasteiger partial charge in [0.25, 0.3) is 23.6 Å². The number of unbranched alkanes of at least 4 members (excludes halogenated alkanes) is 4. The number of hydrogen-bond donors (Lipinski definition) is 5. The number of halogens is 5. The molecule has 618 valence electrons. The highest BCUT2D eigenvalue weighted by Crippen LogP contribution is 2.43. The Morgan fingerprint density at radius 1 is 0.559 bits per heavy atom. The van der Waals surface area contributed by atoms with Gasteiger partial charge in [-0.25, -0.2) is 0 Å². The van der Waals surface area contributed by atoms with Crippen LogP contribution in [0, 0.1) is 41.5 Å². The van der Waals surface area contributed by atoms with E-state index < -0.39 is 96.6 Å². The average Bonchev–Trinajstić information content (AvgIpc) is 1.60. The van der Waals surface area contributed by atoms with Crippen molar-refractivity contribution in [2.24, 2.45) is 9.98 Å². The summed E-state index contributed by atoms with van der Waals surface area (Å²) in [5.74, 6) is -4.17. The number of carboxylic acid groups (broad SMARTS) is 1. The van der Waals surface area contributed by atoms with Crippen molar-refractivity contribution in [3.8, 4) is 21.5 Å². The van der Waals surface area contributed by atoms with Crippen molar-refractivity contribution in [1.82, 2.24) is 61.4 Å². The van der Waals surface area contributed by atoms with Crippen molar-refractivity contribution >= 4 is 134 Å². The Morgan fingerprint density at radius 3 is 1.36 bits per heavy atom. The van der Waals surface area contributed by atoms with Crippen molar-refractivity contribution in [3.63, 3.8) is 0 Å². The van der Waals surface area contributed by atoms with Gasteiger partial charge in [-0.15, -0.1) is 43.1 Å². The molecule has 0 aliphatic carbocycles. The van der Waals surface area contributed by atoms with Crippen LogP contribution in [0.25, 0.3) is 10.0 Å². The third-order valence-electron chi connectivity index (χ3n) is 20.0. The van der Waals surface area contributed by atoms with E-state index in [1.807, 2.05) is 71.5 Å². The lowest BCUT2D eigenvalue weighted by atomic mass is 9.99. The molecule has 10 heterocycles. The van der Waals surface area contributed by atoms with Gasteiger partial charge in [0.05, 0.1) is 46.5 Å². The fraction of sp³-hybridized carbons (Fsp3) is 0.362. The van der Waals surface area contributed by atoms with Gasteiger partial charge in [0.15, 0.2) is 23.2 Å². The standard InChI is InChI=1S/C39H38ClN7O7S.C21H21F3N2O6.C19H17ClN4O2S.CO2.H3N/c1-20-21(2)55-39-32(20)34(23-11-13-24(40)14-12-23)42-27(35-45-44-22(3)46(35)39)18-31(50)41-17-6-4-5-8-25(48)19-54-29-10-7-9-26-33(29)38(53)47(37(26)52)28-15-16-30(49)43-36(28)51;22-21(23,24)10-3-1-2-5-12(27)11-32-15-7-4-6-13-17(15)20(31)26(19(13)30)14-8-9-16(28)25-18(14)29;1-9-10(2)27-19-16(9)17(12-4-6-13(20)7-5-12)21-14(8-15(25)26)18-23-22-11(3)24(18)19;2-1-3;/h7,9-14,27-28H,4-6,8,15-19H2,1-3H3,(H,41,50)(H,43,49,51);4,6-7,14H,1-3,5,8-11H2,(H,25,28,29);4-7,14H,8H2,1-3H3,(H,25,26);;1H3/t27-,28?;;14-;;/m1.1../s1. The topological polar surface area (TPSA) is 441 Å². The summed E-state index contributed by atoms with van der Waals surface area (Å²) in [4.78, 5) is 179. The lowest BCUT2D eigenvalue weighted by molar-refractivity contribution is -0.192. The molecule has 2 fully saturated rings. The highest BCUT2D eigenvalue weighted by Gasteiger charge is 2.48. The molecule has 14 rings (SSSR count). The number of carbonyl (C=O) groups is 12. The van der Waals surface area contributed by atoms with Crippen LogP contribution in [0.4, 0.5) is 13.2 Å². The molecular weight excluding hydrogens is 1620 g/mol. The second-order valence-electron chi connectivity index (χ2n) is 27.9. The number of carbonyl (C=O) groups excluding carboxylic acids is 13. The van der Waals surface area contributed by atoms with Crippen molar-refractivity contribution in [2.45, 2.75) is 168 Å². The number of hydrogen-bond acceptors (Lipinski definition) is 25. The number of amides is 9. The summed E-state index contributed by atoms with van der Waals surface area (Å²) in [7, 11) is 0. The number of rotatable bonds is 25. The van der Waals surface area contributed by atoms with Crippen LogP contribution in [0.5, 0.6) is 11.5 Å². The van der Waals surface area contributed by atoms with E-state index in [-0.39, 0.29) is 141 Å². The summed E-state index contributed by atoms with van der Waals surface area (Å²) >= 11 is 15.6. The van der Waals surface area contributed by atoms with Crippen LogP contribution < -0.4 is 31.6 Å². The second-order valence-corrected chi connectivity index (χ2v) is 31.2. The fourth-order valence-electron chi connectivity index (χ4n) is 14.0. The first-order valence-electron chi connectivity index (χ1n) is 37.0. The van der Waals surface area contributed by atoms with Gasteiger partial charge in [-0.3, -0.25) is 97.1 Å². The third-order valence-corrected chi connectivity index (χ3v) is 22.9. The van der Waals surface area contributed by atoms with Gasteiger partial charge in [0.2, 0.25) is 29.5 Å². The minimum atomic E-state index is -4.22. The van der Waals surface area contributed by atoms with Gasteiger partial charge in [-0.1, -0.05) is 72.4 Å². The maximum Gasteiger partial charge on any atom is 0.389 e. The number of fused-ring (bicyclic) bond motifs is 8. The number of carboxylic acids is 1. The van der Waals surface area contributed by atoms with Crippen LogP contribution in [-0.2, 0) is 47.9 Å². The third kappa shape index (κ3) is 19.8. The van der Waals surface area contributed by atoms with Gasteiger partial charge in [-0.2, -0.15) is 22.8 Å². The van der Waals surface area contributed by atoms with Crippen molar-refractivity contribution < 1.29 is 94.9 Å². The monoisotopic (exact) mass is 1700 g/mol. The molecule has 0 saturated carbocycles. The molecule has 4 atom stereocenters. The first kappa shape index (κ1) is 88.4. The molecule has 4 aromatic heterocycles. The van der Waals surface area contributed by atoms with Gasteiger partial charge < -0.3 is 26.0 Å². The zero-order chi connectivity index (χ0) is 84.4. The van der Waals surface area contributed by atoms with Crippen molar-refractivity contribution in [3.05, 3.63) is 184 Å². The number of imide groups is 4. The number of piperidine rings is 2. The van der Waals surface area contributed by atoms with Crippen LogP contribution in [0.1, 0.15) is 216 Å². The Morgan fingerprint density at radius 2 is 0.966 bits per heavy atom. The molecule has 2 unspecified atom stereocenters. The van der Waals surface area contributed by atoms with E-state index in [0.29, 0.717) is 53.3 Å². The molecule has 0 spiro atoms. The van der Waals surface area contributed by atoms with E-state index in [0.717, 1.165) is 75.3 Å². The maximum absolute atomic E-state index is 13.3. The summed E-state index contributed by atoms with van der Waals surface area (Å²) in [6, 6.07) is 20.3. The number of Topliss-reactive ketones (excluding diaryl/α,β-unsaturated/α-hetero) is 2. The normalized spacial score (nSPS) is 16.9. The SMILES string of the molecule is Cc1sc2c(c1C)C(c1ccc(Cl)cc1)=N[C@H](CC(=O)NCCCCCC(=O)COc1cccc3c1C(=O)N(C1CCC(=O)NC1=O)C3=O)c1nnc(C)n1-2.Cc1sc2c(c1C)C(c1ccc(Cl)cc1)=N[C@H](CC(=O)O)c1nnc(C)n1-2.N.O=C(CCCCCC(F)(F)F)COc1cccc2c1C(=O)N(C1CCC(=O)NC1=O)C2=O.O=C=O. The zero-order valence-electron chi connectivity index (χ0n) is 64.5. The summed E-state index contributed by atoms with van der Waals surface area (Å²) in [6.07, 6.45) is -2.28. The predicted molar refractivity (Wildman–Crippen MR) is 421 cm³/mol. The minimum absolute atomic E-state index is 0. The molecule has 0 radical (unpaired) electrons. The molecule has 31 nitrogen and oxygen atoms in total. The van der Waals surface area contributed by atoms with Crippen LogP contribution in [-0.4, -0.2) is 171 Å². The van der Waals surface area contributed by atoms with E-state index in [9.17, 15) is 75.8 Å². The lowest BCUT2D eigenvalue weighted by Gasteiger charge is -2.27. The van der Waals surface area contributed by atoms with Gasteiger partial charge in [0, 0.05) is 80.7 Å². The van der Waals surface area contributed by atoms with Crippen molar-refractivity contribution in [1.29, 1.82) is 0 Å². The van der Waals surface area contributed by atoms with E-state index in [1.54, 1.807) is 28.7 Å². The van der Waals surface area contributed by atoms with Crippen LogP contribution in [0.3, 0.4) is 0 Å². The summed E-state index contributed by atoms with van der Waals surface area (Å²) in [5, 5.41) is 37.1. The quantitative estimate of drug-likeness (QED) is 0.0262. The lowest BCUT2D eigenvalue weighted by Crippen LogP contribution is -2.54. The molecular formula is C80H79Cl2F3N14O17S2. The summed E-state index contributed by atoms with van der Waals surface area (Å²) < 4.78 is 51.5. The van der Waals surface area contributed by atoms with Gasteiger partial charge in [0.1, 0.15) is 70.5 Å². The van der Waals surface area contributed by atoms with E-state index in [4.69, 9.17) is 52.2 Å². The largest absolute Gasteiger partial charge is 0.485 e. The number of alkyl halides is 3. The van der Waals surface area contributed by atoms with E-state index in [1.165, 1.54) is 35.2 Å².